The van der Waals surface area contributed by atoms with E-state index in [1.807, 2.05) is 41.8 Å². The molecule has 0 fully saturated rings. The smallest absolute Gasteiger partial charge is 0.255 e. The summed E-state index contributed by atoms with van der Waals surface area (Å²) in [5, 5.41) is 0. The molecule has 0 saturated carbocycles. The summed E-state index contributed by atoms with van der Waals surface area (Å²) in [6, 6.07) is 12.1. The van der Waals surface area contributed by atoms with Crippen LogP contribution in [0.25, 0.3) is 11.3 Å². The molecule has 0 aliphatic carbocycles. The Kier molecular flexibility index (Phi) is 4.17. The molecule has 1 aromatic heterocycles. The molecule has 3 nitrogen and oxygen atoms in total. The van der Waals surface area contributed by atoms with E-state index < -0.39 is 0 Å². The van der Waals surface area contributed by atoms with Crippen molar-refractivity contribution in [3.8, 4) is 11.3 Å². The maximum absolute atomic E-state index is 12.5. The van der Waals surface area contributed by atoms with Gasteiger partial charge in [-0.2, -0.15) is 0 Å². The van der Waals surface area contributed by atoms with Crippen molar-refractivity contribution in [2.24, 2.45) is 5.73 Å². The van der Waals surface area contributed by atoms with Crippen LogP contribution in [0.2, 0.25) is 0 Å². The zero-order valence-corrected chi connectivity index (χ0v) is 11.5. The number of hydrogen-bond acceptors (Lipinski definition) is 2. The number of nitrogens with zero attached hydrogens (tertiary/aromatic N) is 1. The normalized spacial score (nSPS) is 10.7. The largest absolute Gasteiger partial charge is 0.326 e. The first kappa shape index (κ1) is 13.6. The van der Waals surface area contributed by atoms with E-state index in [1.54, 1.807) is 0 Å². The van der Waals surface area contributed by atoms with Gasteiger partial charge in [0, 0.05) is 18.7 Å². The SMILES string of the molecule is CCCn1c(-c2ccccc2)cc(C)c(CN)c1=O. The summed E-state index contributed by atoms with van der Waals surface area (Å²) in [7, 11) is 0. The lowest BCUT2D eigenvalue weighted by Crippen LogP contribution is -2.28. The predicted octanol–water partition coefficient (Wildman–Crippen LogP) is 2.69. The summed E-state index contributed by atoms with van der Waals surface area (Å²) in [5.74, 6) is 0. The fraction of sp³-hybridized carbons (Fsp3) is 0.312. The number of aromatic nitrogens is 1. The molecule has 0 saturated heterocycles. The number of pyridine rings is 1. The van der Waals surface area contributed by atoms with Gasteiger partial charge in [0.2, 0.25) is 0 Å². The van der Waals surface area contributed by atoms with Crippen LogP contribution in [0.3, 0.4) is 0 Å². The van der Waals surface area contributed by atoms with Gasteiger partial charge in [0.15, 0.2) is 0 Å². The van der Waals surface area contributed by atoms with Gasteiger partial charge in [0.1, 0.15) is 0 Å². The Labute approximate surface area is 113 Å². The molecule has 1 aromatic carbocycles. The Balaban J connectivity index is 2.70. The van der Waals surface area contributed by atoms with E-state index in [2.05, 4.69) is 13.0 Å². The molecular weight excluding hydrogens is 236 g/mol. The Morgan fingerprint density at radius 1 is 1.21 bits per heavy atom. The predicted molar refractivity (Wildman–Crippen MR) is 79.1 cm³/mol. The Morgan fingerprint density at radius 3 is 2.47 bits per heavy atom. The van der Waals surface area contributed by atoms with Crippen LogP contribution in [0.15, 0.2) is 41.2 Å². The van der Waals surface area contributed by atoms with Crippen molar-refractivity contribution in [2.45, 2.75) is 33.4 Å². The second kappa shape index (κ2) is 5.85. The molecule has 1 heterocycles. The standard InChI is InChI=1S/C16H20N2O/c1-3-9-18-15(13-7-5-4-6-8-13)10-12(2)14(11-17)16(18)19/h4-8,10H,3,9,11,17H2,1-2H3. The minimum absolute atomic E-state index is 0.0446. The van der Waals surface area contributed by atoms with Gasteiger partial charge in [-0.05, 0) is 30.5 Å². The lowest BCUT2D eigenvalue weighted by molar-refractivity contribution is 0.652. The summed E-state index contributed by atoms with van der Waals surface area (Å²) in [6.07, 6.45) is 0.923. The van der Waals surface area contributed by atoms with Crippen molar-refractivity contribution in [3.05, 3.63) is 57.9 Å². The minimum Gasteiger partial charge on any atom is -0.326 e. The molecule has 2 N–H and O–H groups in total. The molecule has 0 unspecified atom stereocenters. The van der Waals surface area contributed by atoms with Crippen LogP contribution in [0.5, 0.6) is 0 Å². The summed E-state index contributed by atoms with van der Waals surface area (Å²) >= 11 is 0. The Morgan fingerprint density at radius 2 is 1.89 bits per heavy atom. The van der Waals surface area contributed by atoms with E-state index in [1.165, 1.54) is 0 Å². The average Bonchev–Trinajstić information content (AvgIpc) is 2.43. The maximum Gasteiger partial charge on any atom is 0.255 e. The van der Waals surface area contributed by atoms with E-state index in [-0.39, 0.29) is 5.56 Å². The summed E-state index contributed by atoms with van der Waals surface area (Å²) in [5.41, 5.74) is 9.47. The Bertz CT molecular complexity index is 615. The molecule has 0 bridgehead atoms. The molecule has 0 spiro atoms. The van der Waals surface area contributed by atoms with Gasteiger partial charge in [-0.25, -0.2) is 0 Å². The topological polar surface area (TPSA) is 48.0 Å². The van der Waals surface area contributed by atoms with Gasteiger partial charge in [0.05, 0.1) is 5.69 Å². The van der Waals surface area contributed by atoms with E-state index in [4.69, 9.17) is 5.73 Å². The van der Waals surface area contributed by atoms with Crippen LogP contribution < -0.4 is 11.3 Å². The van der Waals surface area contributed by atoms with E-state index in [0.29, 0.717) is 12.1 Å². The van der Waals surface area contributed by atoms with Gasteiger partial charge in [-0.3, -0.25) is 4.79 Å². The highest BCUT2D eigenvalue weighted by molar-refractivity contribution is 5.61. The average molecular weight is 256 g/mol. The summed E-state index contributed by atoms with van der Waals surface area (Å²) < 4.78 is 1.84. The lowest BCUT2D eigenvalue weighted by atomic mass is 10.0. The highest BCUT2D eigenvalue weighted by atomic mass is 16.1. The molecule has 0 aliphatic rings. The molecule has 19 heavy (non-hydrogen) atoms. The molecule has 0 aliphatic heterocycles. The zero-order valence-electron chi connectivity index (χ0n) is 11.5. The van der Waals surface area contributed by atoms with Crippen molar-refractivity contribution in [1.82, 2.24) is 4.57 Å². The first-order valence-corrected chi connectivity index (χ1v) is 6.67. The van der Waals surface area contributed by atoms with Crippen LogP contribution >= 0.6 is 0 Å². The van der Waals surface area contributed by atoms with Crippen LogP contribution in [0, 0.1) is 6.92 Å². The fourth-order valence-electron chi connectivity index (χ4n) is 2.35. The maximum atomic E-state index is 12.5. The van der Waals surface area contributed by atoms with Crippen molar-refractivity contribution in [1.29, 1.82) is 0 Å². The molecule has 100 valence electrons. The third-order valence-corrected chi connectivity index (χ3v) is 3.34. The molecule has 0 amide bonds. The number of benzene rings is 1. The molecule has 0 atom stereocenters. The van der Waals surface area contributed by atoms with Crippen LogP contribution in [0.4, 0.5) is 0 Å². The quantitative estimate of drug-likeness (QED) is 0.914. The molecular formula is C16H20N2O. The molecule has 2 aromatic rings. The van der Waals surface area contributed by atoms with Crippen LogP contribution in [-0.2, 0) is 13.1 Å². The van der Waals surface area contributed by atoms with Crippen molar-refractivity contribution < 1.29 is 0 Å². The van der Waals surface area contributed by atoms with Gasteiger partial charge in [-0.1, -0.05) is 37.3 Å². The van der Waals surface area contributed by atoms with Gasteiger partial charge < -0.3 is 10.3 Å². The number of rotatable bonds is 4. The number of hydrogen-bond donors (Lipinski definition) is 1. The number of nitrogens with two attached hydrogens (primary N) is 1. The van der Waals surface area contributed by atoms with Crippen molar-refractivity contribution >= 4 is 0 Å². The molecule has 3 heteroatoms. The van der Waals surface area contributed by atoms with Crippen LogP contribution in [0.1, 0.15) is 24.5 Å². The monoisotopic (exact) mass is 256 g/mol. The van der Waals surface area contributed by atoms with Gasteiger partial charge in [0.25, 0.3) is 5.56 Å². The lowest BCUT2D eigenvalue weighted by Gasteiger charge is -2.16. The third kappa shape index (κ3) is 2.61. The first-order chi connectivity index (χ1) is 9.19. The number of aryl methyl sites for hydroxylation is 1. The van der Waals surface area contributed by atoms with Crippen molar-refractivity contribution in [2.75, 3.05) is 0 Å². The second-order valence-corrected chi connectivity index (χ2v) is 4.72. The second-order valence-electron chi connectivity index (χ2n) is 4.72. The van der Waals surface area contributed by atoms with E-state index in [0.717, 1.165) is 29.8 Å². The molecule has 2 rings (SSSR count). The summed E-state index contributed by atoms with van der Waals surface area (Å²) in [4.78, 5) is 12.5. The van der Waals surface area contributed by atoms with Gasteiger partial charge in [-0.15, -0.1) is 0 Å². The van der Waals surface area contributed by atoms with E-state index in [9.17, 15) is 4.79 Å². The Hall–Kier alpha value is -1.87. The van der Waals surface area contributed by atoms with Gasteiger partial charge >= 0.3 is 0 Å². The van der Waals surface area contributed by atoms with Crippen LogP contribution in [-0.4, -0.2) is 4.57 Å². The first-order valence-electron chi connectivity index (χ1n) is 6.67. The molecule has 0 radical (unpaired) electrons. The summed E-state index contributed by atoms with van der Waals surface area (Å²) in [6.45, 7) is 5.04. The minimum atomic E-state index is 0.0446. The third-order valence-electron chi connectivity index (χ3n) is 3.34. The zero-order chi connectivity index (χ0) is 13.8. The van der Waals surface area contributed by atoms with Crippen molar-refractivity contribution in [3.63, 3.8) is 0 Å². The highest BCUT2D eigenvalue weighted by Gasteiger charge is 2.12. The fourth-order valence-corrected chi connectivity index (χ4v) is 2.35. The van der Waals surface area contributed by atoms with E-state index >= 15 is 0 Å². The highest BCUT2D eigenvalue weighted by Crippen LogP contribution is 2.20.